The summed E-state index contributed by atoms with van der Waals surface area (Å²) in [7, 11) is 0. The number of piperidine rings is 1. The molecule has 1 rings (SSSR count). The first-order valence-corrected chi connectivity index (χ1v) is 5.33. The van der Waals surface area contributed by atoms with Crippen LogP contribution < -0.4 is 5.73 Å². The Hall–Kier alpha value is -0.970. The molecule has 0 aromatic rings. The normalized spacial score (nSPS) is 19.5. The molecule has 0 unspecified atom stereocenters. The summed E-state index contributed by atoms with van der Waals surface area (Å²) >= 11 is 4.88. The number of imide groups is 1. The SMILES string of the molecule is CC1CC(=O)N(C(C)(C)C(N)=S)C(=O)C1. The van der Waals surface area contributed by atoms with E-state index in [9.17, 15) is 9.59 Å². The third kappa shape index (κ3) is 2.17. The van der Waals surface area contributed by atoms with Crippen molar-refractivity contribution < 1.29 is 9.59 Å². The van der Waals surface area contributed by atoms with Gasteiger partial charge in [-0.3, -0.25) is 14.5 Å². The van der Waals surface area contributed by atoms with E-state index in [1.807, 2.05) is 6.92 Å². The number of carbonyl (C=O) groups excluding carboxylic acids is 2. The number of thiocarbonyl (C=S) groups is 1. The highest BCUT2D eigenvalue weighted by atomic mass is 32.1. The fourth-order valence-electron chi connectivity index (χ4n) is 1.72. The second-order valence-corrected chi connectivity index (χ2v) is 5.00. The number of carbonyl (C=O) groups is 2. The molecule has 5 heteroatoms. The van der Waals surface area contributed by atoms with Crippen molar-refractivity contribution in [2.24, 2.45) is 11.7 Å². The molecule has 0 bridgehead atoms. The second-order valence-electron chi connectivity index (χ2n) is 4.56. The van der Waals surface area contributed by atoms with Gasteiger partial charge in [0.1, 0.15) is 0 Å². The van der Waals surface area contributed by atoms with Crippen LogP contribution in [0.3, 0.4) is 0 Å². The van der Waals surface area contributed by atoms with E-state index >= 15 is 0 Å². The van der Waals surface area contributed by atoms with Crippen LogP contribution in [-0.2, 0) is 9.59 Å². The van der Waals surface area contributed by atoms with E-state index in [1.54, 1.807) is 13.8 Å². The van der Waals surface area contributed by atoms with Crippen LogP contribution in [0.1, 0.15) is 33.6 Å². The minimum atomic E-state index is -0.857. The number of nitrogens with two attached hydrogens (primary N) is 1. The molecule has 0 aliphatic carbocycles. The zero-order valence-electron chi connectivity index (χ0n) is 9.24. The third-order valence-corrected chi connectivity index (χ3v) is 3.21. The highest BCUT2D eigenvalue weighted by Gasteiger charge is 2.41. The zero-order chi connectivity index (χ0) is 11.8. The van der Waals surface area contributed by atoms with Gasteiger partial charge in [0.05, 0.1) is 10.5 Å². The third-order valence-electron chi connectivity index (χ3n) is 2.71. The lowest BCUT2D eigenvalue weighted by Crippen LogP contribution is -2.59. The van der Waals surface area contributed by atoms with E-state index < -0.39 is 5.54 Å². The van der Waals surface area contributed by atoms with Crippen molar-refractivity contribution in [3.05, 3.63) is 0 Å². The standard InChI is InChI=1S/C10H16N2O2S/c1-6-4-7(13)12(8(14)5-6)10(2,3)9(11)15/h6H,4-5H2,1-3H3,(H2,11,15). The molecular formula is C10H16N2O2S. The second kappa shape index (κ2) is 3.89. The molecule has 4 nitrogen and oxygen atoms in total. The van der Waals surface area contributed by atoms with Gasteiger partial charge in [-0.2, -0.15) is 0 Å². The van der Waals surface area contributed by atoms with Crippen LogP contribution in [0.5, 0.6) is 0 Å². The van der Waals surface area contributed by atoms with Crippen LogP contribution in [0.4, 0.5) is 0 Å². The summed E-state index contributed by atoms with van der Waals surface area (Å²) in [4.78, 5) is 24.9. The minimum Gasteiger partial charge on any atom is -0.391 e. The fourth-order valence-corrected chi connectivity index (χ4v) is 1.82. The van der Waals surface area contributed by atoms with Gasteiger partial charge in [-0.1, -0.05) is 19.1 Å². The Kier molecular flexibility index (Phi) is 3.13. The number of likely N-dealkylation sites (tertiary alicyclic amines) is 1. The molecular weight excluding hydrogens is 212 g/mol. The molecule has 2 N–H and O–H groups in total. The van der Waals surface area contributed by atoms with Crippen LogP contribution in [0.2, 0.25) is 0 Å². The van der Waals surface area contributed by atoms with Crippen LogP contribution >= 0.6 is 12.2 Å². The summed E-state index contributed by atoms with van der Waals surface area (Å²) in [5.41, 5.74) is 4.69. The van der Waals surface area contributed by atoms with Crippen molar-refractivity contribution in [3.8, 4) is 0 Å². The molecule has 1 aliphatic heterocycles. The Labute approximate surface area is 94.8 Å². The lowest BCUT2D eigenvalue weighted by atomic mass is 9.92. The molecule has 0 atom stereocenters. The first kappa shape index (κ1) is 12.1. The number of hydrogen-bond acceptors (Lipinski definition) is 3. The predicted octanol–water partition coefficient (Wildman–Crippen LogP) is 0.836. The average molecular weight is 228 g/mol. The van der Waals surface area contributed by atoms with Crippen LogP contribution in [0.25, 0.3) is 0 Å². The number of rotatable bonds is 2. The quantitative estimate of drug-likeness (QED) is 0.562. The first-order chi connectivity index (χ1) is 6.76. The summed E-state index contributed by atoms with van der Waals surface area (Å²) < 4.78 is 0. The molecule has 1 fully saturated rings. The number of nitrogens with zero attached hydrogens (tertiary/aromatic N) is 1. The van der Waals surface area contributed by atoms with Crippen LogP contribution in [-0.4, -0.2) is 27.2 Å². The Morgan fingerprint density at radius 1 is 1.40 bits per heavy atom. The highest BCUT2D eigenvalue weighted by Crippen LogP contribution is 2.26. The van der Waals surface area contributed by atoms with E-state index in [-0.39, 0.29) is 22.7 Å². The molecule has 2 amide bonds. The largest absolute Gasteiger partial charge is 0.391 e. The molecule has 0 spiro atoms. The predicted molar refractivity (Wildman–Crippen MR) is 61.1 cm³/mol. The van der Waals surface area contributed by atoms with Crippen LogP contribution in [0, 0.1) is 5.92 Å². The molecule has 1 aliphatic rings. The van der Waals surface area contributed by atoms with Gasteiger partial charge in [0.2, 0.25) is 11.8 Å². The van der Waals surface area contributed by atoms with Gasteiger partial charge in [-0.25, -0.2) is 0 Å². The van der Waals surface area contributed by atoms with E-state index in [4.69, 9.17) is 18.0 Å². The van der Waals surface area contributed by atoms with E-state index in [1.165, 1.54) is 4.90 Å². The molecule has 0 radical (unpaired) electrons. The summed E-state index contributed by atoms with van der Waals surface area (Å²) in [6.45, 7) is 5.28. The van der Waals surface area contributed by atoms with Gasteiger partial charge in [0.15, 0.2) is 0 Å². The van der Waals surface area contributed by atoms with Crippen molar-refractivity contribution in [1.29, 1.82) is 0 Å². The lowest BCUT2D eigenvalue weighted by molar-refractivity contribution is -0.153. The van der Waals surface area contributed by atoms with Gasteiger partial charge in [0, 0.05) is 12.8 Å². The van der Waals surface area contributed by atoms with Gasteiger partial charge < -0.3 is 5.73 Å². The molecule has 0 aromatic heterocycles. The maximum absolute atomic E-state index is 11.8. The Morgan fingerprint density at radius 3 is 2.13 bits per heavy atom. The molecule has 84 valence electrons. The van der Waals surface area contributed by atoms with Crippen molar-refractivity contribution in [2.75, 3.05) is 0 Å². The van der Waals surface area contributed by atoms with Crippen molar-refractivity contribution in [2.45, 2.75) is 39.2 Å². The van der Waals surface area contributed by atoms with Crippen molar-refractivity contribution >= 4 is 29.0 Å². The number of hydrogen-bond donors (Lipinski definition) is 1. The van der Waals surface area contributed by atoms with Gasteiger partial charge in [0.25, 0.3) is 0 Å². The molecule has 15 heavy (non-hydrogen) atoms. The summed E-state index contributed by atoms with van der Waals surface area (Å²) in [5.74, 6) is -0.253. The Bertz CT molecular complexity index is 307. The van der Waals surface area contributed by atoms with Gasteiger partial charge in [-0.15, -0.1) is 0 Å². The van der Waals surface area contributed by atoms with Crippen LogP contribution in [0.15, 0.2) is 0 Å². The Morgan fingerprint density at radius 2 is 1.80 bits per heavy atom. The van der Waals surface area contributed by atoms with E-state index in [0.29, 0.717) is 12.8 Å². The Balaban J connectivity index is 2.99. The maximum atomic E-state index is 11.8. The summed E-state index contributed by atoms with van der Waals surface area (Å²) in [5, 5.41) is 0. The molecule has 1 saturated heterocycles. The fraction of sp³-hybridized carbons (Fsp3) is 0.700. The molecule has 1 heterocycles. The summed E-state index contributed by atoms with van der Waals surface area (Å²) in [6, 6.07) is 0. The first-order valence-electron chi connectivity index (χ1n) is 4.92. The van der Waals surface area contributed by atoms with Gasteiger partial charge >= 0.3 is 0 Å². The van der Waals surface area contributed by atoms with Gasteiger partial charge in [-0.05, 0) is 19.8 Å². The monoisotopic (exact) mass is 228 g/mol. The topological polar surface area (TPSA) is 63.4 Å². The molecule has 0 aromatic carbocycles. The smallest absolute Gasteiger partial charge is 0.230 e. The highest BCUT2D eigenvalue weighted by molar-refractivity contribution is 7.80. The maximum Gasteiger partial charge on any atom is 0.230 e. The van der Waals surface area contributed by atoms with Crippen molar-refractivity contribution in [3.63, 3.8) is 0 Å². The minimum absolute atomic E-state index is 0.114. The lowest BCUT2D eigenvalue weighted by Gasteiger charge is -2.39. The number of amides is 2. The summed E-state index contributed by atoms with van der Waals surface area (Å²) in [6.07, 6.45) is 0.773. The zero-order valence-corrected chi connectivity index (χ0v) is 10.1. The molecule has 0 saturated carbocycles. The van der Waals surface area contributed by atoms with E-state index in [0.717, 1.165) is 0 Å². The van der Waals surface area contributed by atoms with E-state index in [2.05, 4.69) is 0 Å². The average Bonchev–Trinajstić information content (AvgIpc) is 2.00. The van der Waals surface area contributed by atoms with Crippen molar-refractivity contribution in [1.82, 2.24) is 4.90 Å².